The summed E-state index contributed by atoms with van der Waals surface area (Å²) in [5.74, 6) is 0.738. The van der Waals surface area contributed by atoms with Gasteiger partial charge in [-0.2, -0.15) is 0 Å². The Balaban J connectivity index is 1.35. The average Bonchev–Trinajstić information content (AvgIpc) is 3.14. The van der Waals surface area contributed by atoms with Gasteiger partial charge in [-0.1, -0.05) is 52.3 Å². The largest absolute Gasteiger partial charge is 0.507 e. The van der Waals surface area contributed by atoms with Gasteiger partial charge in [-0.3, -0.25) is 9.69 Å². The minimum absolute atomic E-state index is 0.157. The molecule has 0 bridgehead atoms. The van der Waals surface area contributed by atoms with Crippen molar-refractivity contribution in [3.8, 4) is 11.5 Å². The zero-order chi connectivity index (χ0) is 22.1. The zero-order valence-electron chi connectivity index (χ0n) is 17.5. The van der Waals surface area contributed by atoms with Crippen molar-refractivity contribution in [1.82, 2.24) is 4.90 Å². The summed E-state index contributed by atoms with van der Waals surface area (Å²) in [4.78, 5) is 17.6. The van der Waals surface area contributed by atoms with E-state index in [9.17, 15) is 9.90 Å². The number of piperazine rings is 1. The number of allylic oxidation sites excluding steroid dienone is 1. The Bertz CT molecular complexity index is 1180. The number of phenols is 1. The molecule has 6 heteroatoms. The fourth-order valence-corrected chi connectivity index (χ4v) is 4.61. The lowest BCUT2D eigenvalue weighted by atomic mass is 10.0. The van der Waals surface area contributed by atoms with E-state index in [1.54, 1.807) is 18.2 Å². The van der Waals surface area contributed by atoms with E-state index >= 15 is 0 Å². The minimum Gasteiger partial charge on any atom is -0.507 e. The third-order valence-corrected chi connectivity index (χ3v) is 6.71. The molecule has 5 nitrogen and oxygen atoms in total. The van der Waals surface area contributed by atoms with E-state index in [0.29, 0.717) is 23.4 Å². The molecule has 0 aromatic heterocycles. The van der Waals surface area contributed by atoms with Gasteiger partial charge in [0.25, 0.3) is 0 Å². The van der Waals surface area contributed by atoms with E-state index in [2.05, 4.69) is 50.0 Å². The number of para-hydroxylation sites is 1. The maximum absolute atomic E-state index is 13.0. The zero-order valence-corrected chi connectivity index (χ0v) is 19.1. The van der Waals surface area contributed by atoms with Gasteiger partial charge in [0, 0.05) is 42.9 Å². The molecule has 0 saturated carbocycles. The van der Waals surface area contributed by atoms with Crippen LogP contribution in [0.1, 0.15) is 21.5 Å². The molecule has 0 amide bonds. The van der Waals surface area contributed by atoms with Gasteiger partial charge in [-0.05, 0) is 42.0 Å². The molecule has 162 valence electrons. The second kappa shape index (κ2) is 8.81. The van der Waals surface area contributed by atoms with Crippen LogP contribution in [-0.2, 0) is 6.54 Å². The predicted molar refractivity (Wildman–Crippen MR) is 129 cm³/mol. The Hall–Kier alpha value is -3.09. The summed E-state index contributed by atoms with van der Waals surface area (Å²) in [7, 11) is 0. The van der Waals surface area contributed by atoms with Gasteiger partial charge >= 0.3 is 0 Å². The Labute approximate surface area is 195 Å². The maximum Gasteiger partial charge on any atom is 0.231 e. The summed E-state index contributed by atoms with van der Waals surface area (Å²) in [6.07, 6.45) is 1.74. The molecule has 1 N–H and O–H groups in total. The van der Waals surface area contributed by atoms with E-state index in [1.807, 2.05) is 30.3 Å². The third kappa shape index (κ3) is 4.04. The number of ether oxygens (including phenoxy) is 1. The first-order valence-electron chi connectivity index (χ1n) is 10.7. The van der Waals surface area contributed by atoms with Crippen LogP contribution in [0.25, 0.3) is 6.08 Å². The van der Waals surface area contributed by atoms with Gasteiger partial charge in [-0.25, -0.2) is 0 Å². The molecular formula is C26H23BrN2O3. The molecule has 32 heavy (non-hydrogen) atoms. The van der Waals surface area contributed by atoms with Crippen LogP contribution in [0.2, 0.25) is 0 Å². The number of nitrogens with zero attached hydrogens (tertiary/aromatic N) is 2. The summed E-state index contributed by atoms with van der Waals surface area (Å²) in [5.41, 5.74) is 3.26. The van der Waals surface area contributed by atoms with Crippen molar-refractivity contribution in [2.24, 2.45) is 0 Å². The highest BCUT2D eigenvalue weighted by Gasteiger charge is 2.32. The molecule has 0 unspecified atom stereocenters. The minimum atomic E-state index is -0.161. The normalized spacial score (nSPS) is 17.5. The van der Waals surface area contributed by atoms with Gasteiger partial charge < -0.3 is 14.7 Å². The van der Waals surface area contributed by atoms with Crippen LogP contribution in [0, 0.1) is 0 Å². The number of halogens is 1. The number of hydrogen-bond acceptors (Lipinski definition) is 5. The van der Waals surface area contributed by atoms with Crippen molar-refractivity contribution >= 4 is 33.5 Å². The first kappa shape index (κ1) is 20.8. The molecule has 1 saturated heterocycles. The molecule has 2 aliphatic rings. The molecule has 1 fully saturated rings. The van der Waals surface area contributed by atoms with Crippen LogP contribution in [0.5, 0.6) is 11.5 Å². The second-order valence-corrected chi connectivity index (χ2v) is 8.85. The Morgan fingerprint density at radius 1 is 0.938 bits per heavy atom. The maximum atomic E-state index is 13.0. The van der Waals surface area contributed by atoms with Gasteiger partial charge in [0.2, 0.25) is 5.78 Å². The average molecular weight is 491 g/mol. The molecule has 3 aromatic carbocycles. The number of hydrogen-bond donors (Lipinski definition) is 1. The standard InChI is InChI=1S/C26H23BrN2O3/c27-22-9-5-4-6-18(22)16-24-25(31)20-10-11-23(30)21(26(20)32-24)17-28-12-14-29(15-13-28)19-7-2-1-3-8-19/h1-11,16,30H,12-15,17H2/b24-16-. The first-order chi connectivity index (χ1) is 15.6. The van der Waals surface area contributed by atoms with Gasteiger partial charge in [-0.15, -0.1) is 0 Å². The summed E-state index contributed by atoms with van der Waals surface area (Å²) < 4.78 is 6.90. The molecule has 5 rings (SSSR count). The highest BCUT2D eigenvalue weighted by Crippen LogP contribution is 2.40. The van der Waals surface area contributed by atoms with Crippen molar-refractivity contribution in [2.45, 2.75) is 6.54 Å². The summed E-state index contributed by atoms with van der Waals surface area (Å²) in [5, 5.41) is 10.6. The number of rotatable bonds is 4. The topological polar surface area (TPSA) is 53.0 Å². The van der Waals surface area contributed by atoms with E-state index in [1.165, 1.54) is 5.69 Å². The lowest BCUT2D eigenvalue weighted by molar-refractivity contribution is 0.101. The fraction of sp³-hybridized carbons (Fsp3) is 0.192. The van der Waals surface area contributed by atoms with Crippen molar-refractivity contribution in [3.63, 3.8) is 0 Å². The molecule has 2 heterocycles. The fourth-order valence-electron chi connectivity index (χ4n) is 4.21. The van der Waals surface area contributed by atoms with Gasteiger partial charge in [0.1, 0.15) is 11.5 Å². The number of Topliss-reactive ketones (excluding diaryl/α,β-unsaturated/α-hetero) is 1. The Morgan fingerprint density at radius 3 is 2.41 bits per heavy atom. The number of anilines is 1. The van der Waals surface area contributed by atoms with Crippen molar-refractivity contribution < 1.29 is 14.6 Å². The molecular weight excluding hydrogens is 468 g/mol. The van der Waals surface area contributed by atoms with Crippen LogP contribution < -0.4 is 9.64 Å². The van der Waals surface area contributed by atoms with Crippen molar-refractivity contribution in [3.05, 3.63) is 93.7 Å². The number of aromatic hydroxyl groups is 1. The quantitative estimate of drug-likeness (QED) is 0.516. The molecule has 0 aliphatic carbocycles. The number of ketones is 1. The van der Waals surface area contributed by atoms with E-state index in [4.69, 9.17) is 4.74 Å². The Morgan fingerprint density at radius 2 is 1.66 bits per heavy atom. The van der Waals surface area contributed by atoms with Gasteiger partial charge in [0.05, 0.1) is 11.1 Å². The van der Waals surface area contributed by atoms with Crippen LogP contribution in [-0.4, -0.2) is 42.0 Å². The van der Waals surface area contributed by atoms with E-state index in [-0.39, 0.29) is 17.3 Å². The predicted octanol–water partition coefficient (Wildman–Crippen LogP) is 5.09. The van der Waals surface area contributed by atoms with Crippen LogP contribution >= 0.6 is 15.9 Å². The number of fused-ring (bicyclic) bond motifs is 1. The third-order valence-electron chi connectivity index (χ3n) is 5.98. The van der Waals surface area contributed by atoms with Crippen molar-refractivity contribution in [1.29, 1.82) is 0 Å². The summed E-state index contributed by atoms with van der Waals surface area (Å²) >= 11 is 3.51. The van der Waals surface area contributed by atoms with Crippen LogP contribution in [0.3, 0.4) is 0 Å². The highest BCUT2D eigenvalue weighted by molar-refractivity contribution is 9.10. The number of phenolic OH excluding ortho intramolecular Hbond substituents is 1. The van der Waals surface area contributed by atoms with Crippen molar-refractivity contribution in [2.75, 3.05) is 31.1 Å². The van der Waals surface area contributed by atoms with E-state index in [0.717, 1.165) is 36.2 Å². The molecule has 2 aliphatic heterocycles. The number of benzene rings is 3. The lowest BCUT2D eigenvalue weighted by Crippen LogP contribution is -2.46. The lowest BCUT2D eigenvalue weighted by Gasteiger charge is -2.36. The molecule has 3 aromatic rings. The van der Waals surface area contributed by atoms with Crippen LogP contribution in [0.15, 0.2) is 77.0 Å². The smallest absolute Gasteiger partial charge is 0.231 e. The van der Waals surface area contributed by atoms with Crippen LogP contribution in [0.4, 0.5) is 5.69 Å². The highest BCUT2D eigenvalue weighted by atomic mass is 79.9. The van der Waals surface area contributed by atoms with E-state index < -0.39 is 0 Å². The molecule has 0 radical (unpaired) electrons. The summed E-state index contributed by atoms with van der Waals surface area (Å²) in [6.45, 7) is 4.09. The SMILES string of the molecule is O=C1/C(=C/c2ccccc2Br)Oc2c1ccc(O)c2CN1CCN(c2ccccc2)CC1. The summed E-state index contributed by atoms with van der Waals surface area (Å²) in [6, 6.07) is 21.3. The number of carbonyl (C=O) groups is 1. The Kier molecular flexibility index (Phi) is 5.72. The second-order valence-electron chi connectivity index (χ2n) is 8.00. The first-order valence-corrected chi connectivity index (χ1v) is 11.5. The van der Waals surface area contributed by atoms with Gasteiger partial charge in [0.15, 0.2) is 5.76 Å². The number of carbonyl (C=O) groups excluding carboxylic acids is 1. The molecule has 0 spiro atoms. The molecule has 0 atom stereocenters. The monoisotopic (exact) mass is 490 g/mol.